The molecule has 0 aliphatic carbocycles. The molecule has 1 heterocycles. The van der Waals surface area contributed by atoms with E-state index < -0.39 is 0 Å². The van der Waals surface area contributed by atoms with Gasteiger partial charge in [0, 0.05) is 6.54 Å². The van der Waals surface area contributed by atoms with E-state index in [9.17, 15) is 4.79 Å². The lowest BCUT2D eigenvalue weighted by molar-refractivity contribution is -0.117. The standard InChI is InChI=1S/C15H19N3O/c1-12-5-4-8-18(10-12)11-15(19)17-14-7-3-2-6-13(14)9-16/h2-3,6-7,12H,4-5,8,10-11H2,1H3,(H,17,19)/t12-/m0/s1. The van der Waals surface area contributed by atoms with E-state index in [2.05, 4.69) is 23.2 Å². The van der Waals surface area contributed by atoms with Gasteiger partial charge in [-0.1, -0.05) is 19.1 Å². The lowest BCUT2D eigenvalue weighted by Crippen LogP contribution is -2.39. The Hall–Kier alpha value is -1.86. The maximum Gasteiger partial charge on any atom is 0.238 e. The first-order chi connectivity index (χ1) is 9.19. The van der Waals surface area contributed by atoms with Gasteiger partial charge in [0.05, 0.1) is 17.8 Å². The van der Waals surface area contributed by atoms with E-state index in [1.165, 1.54) is 6.42 Å². The van der Waals surface area contributed by atoms with E-state index in [0.717, 1.165) is 19.5 Å². The zero-order valence-corrected chi connectivity index (χ0v) is 11.2. The van der Waals surface area contributed by atoms with Crippen LogP contribution in [0.15, 0.2) is 24.3 Å². The van der Waals surface area contributed by atoms with Crippen molar-refractivity contribution in [3.8, 4) is 6.07 Å². The van der Waals surface area contributed by atoms with Gasteiger partial charge in [-0.15, -0.1) is 0 Å². The zero-order valence-electron chi connectivity index (χ0n) is 11.2. The van der Waals surface area contributed by atoms with Crippen LogP contribution in [-0.2, 0) is 4.79 Å². The molecule has 1 N–H and O–H groups in total. The van der Waals surface area contributed by atoms with Gasteiger partial charge >= 0.3 is 0 Å². The van der Waals surface area contributed by atoms with Gasteiger partial charge in [-0.05, 0) is 37.4 Å². The molecular weight excluding hydrogens is 238 g/mol. The van der Waals surface area contributed by atoms with Crippen molar-refractivity contribution in [2.24, 2.45) is 5.92 Å². The molecule has 0 bridgehead atoms. The molecule has 1 amide bonds. The summed E-state index contributed by atoms with van der Waals surface area (Å²) in [5, 5.41) is 11.8. The third-order valence-corrected chi connectivity index (χ3v) is 3.43. The van der Waals surface area contributed by atoms with E-state index in [1.807, 2.05) is 6.07 Å². The fourth-order valence-corrected chi connectivity index (χ4v) is 2.51. The number of amides is 1. The van der Waals surface area contributed by atoms with Crippen molar-refractivity contribution in [2.75, 3.05) is 25.0 Å². The van der Waals surface area contributed by atoms with Crippen LogP contribution >= 0.6 is 0 Å². The summed E-state index contributed by atoms with van der Waals surface area (Å²) in [4.78, 5) is 14.2. The Morgan fingerprint density at radius 3 is 3.05 bits per heavy atom. The van der Waals surface area contributed by atoms with Crippen molar-refractivity contribution >= 4 is 11.6 Å². The topological polar surface area (TPSA) is 56.1 Å². The van der Waals surface area contributed by atoms with Gasteiger partial charge in [-0.25, -0.2) is 0 Å². The Morgan fingerprint density at radius 2 is 2.32 bits per heavy atom. The van der Waals surface area contributed by atoms with Crippen molar-refractivity contribution in [1.82, 2.24) is 4.90 Å². The first-order valence-electron chi connectivity index (χ1n) is 6.70. The largest absolute Gasteiger partial charge is 0.324 e. The van der Waals surface area contributed by atoms with E-state index in [4.69, 9.17) is 5.26 Å². The second-order valence-corrected chi connectivity index (χ2v) is 5.19. The minimum atomic E-state index is -0.0446. The highest BCUT2D eigenvalue weighted by Crippen LogP contribution is 2.16. The molecule has 1 aromatic rings. The number of anilines is 1. The maximum atomic E-state index is 12.0. The molecule has 0 aromatic heterocycles. The van der Waals surface area contributed by atoms with Gasteiger partial charge in [-0.3, -0.25) is 9.69 Å². The fourth-order valence-electron chi connectivity index (χ4n) is 2.51. The highest BCUT2D eigenvalue weighted by Gasteiger charge is 2.18. The molecular formula is C15H19N3O. The Bertz CT molecular complexity index is 492. The Labute approximate surface area is 114 Å². The minimum Gasteiger partial charge on any atom is -0.324 e. The third-order valence-electron chi connectivity index (χ3n) is 3.43. The summed E-state index contributed by atoms with van der Waals surface area (Å²) in [5.41, 5.74) is 1.10. The number of nitrogens with zero attached hydrogens (tertiary/aromatic N) is 2. The van der Waals surface area contributed by atoms with Gasteiger partial charge in [0.15, 0.2) is 0 Å². The predicted octanol–water partition coefficient (Wildman–Crippen LogP) is 2.23. The number of nitrogens with one attached hydrogen (secondary N) is 1. The third kappa shape index (κ3) is 3.80. The molecule has 1 aliphatic rings. The molecule has 1 atom stereocenters. The number of nitriles is 1. The van der Waals surface area contributed by atoms with E-state index in [1.54, 1.807) is 18.2 Å². The zero-order chi connectivity index (χ0) is 13.7. The van der Waals surface area contributed by atoms with Gasteiger partial charge in [0.25, 0.3) is 0 Å². The monoisotopic (exact) mass is 257 g/mol. The molecule has 4 nitrogen and oxygen atoms in total. The summed E-state index contributed by atoms with van der Waals surface area (Å²) in [6.45, 7) is 4.59. The average molecular weight is 257 g/mol. The Balaban J connectivity index is 1.92. The van der Waals surface area contributed by atoms with Crippen molar-refractivity contribution < 1.29 is 4.79 Å². The van der Waals surface area contributed by atoms with Crippen LogP contribution < -0.4 is 5.32 Å². The van der Waals surface area contributed by atoms with Gasteiger partial charge < -0.3 is 5.32 Å². The number of rotatable bonds is 3. The molecule has 4 heteroatoms. The highest BCUT2D eigenvalue weighted by molar-refractivity contribution is 5.93. The summed E-state index contributed by atoms with van der Waals surface area (Å²) in [6, 6.07) is 9.16. The predicted molar refractivity (Wildman–Crippen MR) is 74.6 cm³/mol. The number of hydrogen-bond donors (Lipinski definition) is 1. The lowest BCUT2D eigenvalue weighted by atomic mass is 10.0. The quantitative estimate of drug-likeness (QED) is 0.903. The summed E-state index contributed by atoms with van der Waals surface area (Å²) in [5.74, 6) is 0.616. The van der Waals surface area contributed by atoms with Crippen LogP contribution in [0.3, 0.4) is 0 Å². The van der Waals surface area contributed by atoms with E-state index in [0.29, 0.717) is 23.7 Å². The van der Waals surface area contributed by atoms with Crippen LogP contribution in [-0.4, -0.2) is 30.4 Å². The molecule has 0 saturated carbocycles. The van der Waals surface area contributed by atoms with Gasteiger partial charge in [0.2, 0.25) is 5.91 Å². The number of hydrogen-bond acceptors (Lipinski definition) is 3. The smallest absolute Gasteiger partial charge is 0.238 e. The van der Waals surface area contributed by atoms with E-state index >= 15 is 0 Å². The summed E-state index contributed by atoms with van der Waals surface area (Å²) in [6.07, 6.45) is 2.40. The van der Waals surface area contributed by atoms with Crippen LogP contribution in [0.5, 0.6) is 0 Å². The molecule has 100 valence electrons. The van der Waals surface area contributed by atoms with Crippen LogP contribution in [0.4, 0.5) is 5.69 Å². The first kappa shape index (κ1) is 13.6. The van der Waals surface area contributed by atoms with Crippen molar-refractivity contribution in [3.63, 3.8) is 0 Å². The minimum absolute atomic E-state index is 0.0446. The van der Waals surface area contributed by atoms with Gasteiger partial charge in [-0.2, -0.15) is 5.26 Å². The SMILES string of the molecule is C[C@H]1CCCN(CC(=O)Nc2ccccc2C#N)C1. The van der Waals surface area contributed by atoms with Crippen molar-refractivity contribution in [3.05, 3.63) is 29.8 Å². The van der Waals surface area contributed by atoms with Crippen LogP contribution in [0.25, 0.3) is 0 Å². The lowest BCUT2D eigenvalue weighted by Gasteiger charge is -2.30. The second kappa shape index (κ2) is 6.35. The van der Waals surface area contributed by atoms with Crippen LogP contribution in [0.1, 0.15) is 25.3 Å². The fraction of sp³-hybridized carbons (Fsp3) is 0.467. The number of para-hydroxylation sites is 1. The summed E-state index contributed by atoms with van der Waals surface area (Å²) >= 11 is 0. The van der Waals surface area contributed by atoms with E-state index in [-0.39, 0.29) is 5.91 Å². The van der Waals surface area contributed by atoms with Gasteiger partial charge in [0.1, 0.15) is 6.07 Å². The number of carbonyl (C=O) groups is 1. The molecule has 1 aromatic carbocycles. The number of carbonyl (C=O) groups excluding carboxylic acids is 1. The summed E-state index contributed by atoms with van der Waals surface area (Å²) < 4.78 is 0. The molecule has 1 aliphatic heterocycles. The number of piperidine rings is 1. The van der Waals surface area contributed by atoms with Crippen LogP contribution in [0, 0.1) is 17.2 Å². The summed E-state index contributed by atoms with van der Waals surface area (Å²) in [7, 11) is 0. The van der Waals surface area contributed by atoms with Crippen LogP contribution in [0.2, 0.25) is 0 Å². The second-order valence-electron chi connectivity index (χ2n) is 5.19. The molecule has 0 spiro atoms. The maximum absolute atomic E-state index is 12.0. The molecule has 0 radical (unpaired) electrons. The Morgan fingerprint density at radius 1 is 1.53 bits per heavy atom. The highest BCUT2D eigenvalue weighted by atomic mass is 16.2. The average Bonchev–Trinajstić information content (AvgIpc) is 2.39. The number of likely N-dealkylation sites (tertiary alicyclic amines) is 1. The molecule has 0 unspecified atom stereocenters. The normalized spacial score (nSPS) is 19.7. The Kier molecular flexibility index (Phi) is 4.53. The first-order valence-corrected chi connectivity index (χ1v) is 6.70. The van der Waals surface area contributed by atoms with Crippen molar-refractivity contribution in [2.45, 2.75) is 19.8 Å². The van der Waals surface area contributed by atoms with Crippen molar-refractivity contribution in [1.29, 1.82) is 5.26 Å². The molecule has 1 fully saturated rings. The molecule has 19 heavy (non-hydrogen) atoms. The molecule has 1 saturated heterocycles. The number of benzene rings is 1. The molecule has 2 rings (SSSR count).